The lowest BCUT2D eigenvalue weighted by atomic mass is 9.63. The van der Waals surface area contributed by atoms with Crippen molar-refractivity contribution in [2.75, 3.05) is 0 Å². The summed E-state index contributed by atoms with van der Waals surface area (Å²) in [5.74, 6) is 2.98. The van der Waals surface area contributed by atoms with Crippen LogP contribution in [0.25, 0.3) is 22.3 Å². The smallest absolute Gasteiger partial charge is 0.139 e. The van der Waals surface area contributed by atoms with Gasteiger partial charge in [0.05, 0.1) is 5.41 Å². The van der Waals surface area contributed by atoms with Gasteiger partial charge >= 0.3 is 0 Å². The monoisotopic (exact) mass is 888 g/mol. The fraction of sp³-hybridized carbons (Fsp3) is 0.262. The zero-order valence-electron chi connectivity index (χ0n) is 39.4. The minimum atomic E-state index is -0.649. The number of rotatable bonds is 8. The molecule has 0 unspecified atom stereocenters. The predicted octanol–water partition coefficient (Wildman–Crippen LogP) is 17.9. The fourth-order valence-corrected chi connectivity index (χ4v) is 14.5. The van der Waals surface area contributed by atoms with Gasteiger partial charge in [-0.2, -0.15) is 0 Å². The largest absolute Gasteiger partial charge is 0.456 e. The highest BCUT2D eigenvalue weighted by atomic mass is 32.2. The average molecular weight is 889 g/mol. The molecule has 2 aliphatic carbocycles. The molecular weight excluding hydrogens is 829 g/mol. The Balaban J connectivity index is 1.14. The first-order chi connectivity index (χ1) is 32.7. The topological polar surface area (TPSA) is 9.23 Å². The number of para-hydroxylation sites is 2. The molecule has 0 N–H and O–H groups in total. The lowest BCUT2D eigenvalue weighted by Crippen LogP contribution is -2.31. The zero-order chi connectivity index (χ0) is 45.3. The molecule has 2 fully saturated rings. The van der Waals surface area contributed by atoms with Crippen molar-refractivity contribution < 1.29 is 4.74 Å². The van der Waals surface area contributed by atoms with Crippen LogP contribution in [-0.2, 0) is 16.2 Å². The van der Waals surface area contributed by atoms with E-state index in [1.165, 1.54) is 139 Å². The predicted molar refractivity (Wildman–Crippen MR) is 279 cm³/mol. The van der Waals surface area contributed by atoms with E-state index in [0.717, 1.165) is 11.5 Å². The lowest BCUT2D eigenvalue weighted by Gasteiger charge is -2.39. The molecule has 67 heavy (non-hydrogen) atoms. The molecule has 0 amide bonds. The van der Waals surface area contributed by atoms with Gasteiger partial charge in [-0.15, -0.1) is 0 Å². The van der Waals surface area contributed by atoms with E-state index in [4.69, 9.17) is 4.74 Å². The van der Waals surface area contributed by atoms with Crippen LogP contribution >= 0.6 is 11.8 Å². The van der Waals surface area contributed by atoms with Crippen molar-refractivity contribution in [3.05, 3.63) is 238 Å². The van der Waals surface area contributed by atoms with Gasteiger partial charge in [0.15, 0.2) is 0 Å². The molecule has 1 nitrogen and oxygen atoms in total. The summed E-state index contributed by atoms with van der Waals surface area (Å²) >= 11 is 1.97. The first-order valence-electron chi connectivity index (χ1n) is 25.0. The van der Waals surface area contributed by atoms with Gasteiger partial charge in [0.2, 0.25) is 0 Å². The highest BCUT2D eigenvalue weighted by Gasteiger charge is 2.42. The average Bonchev–Trinajstić information content (AvgIpc) is 4.12. The summed E-state index contributed by atoms with van der Waals surface area (Å²) in [5.41, 5.74) is 17.6. The summed E-state index contributed by atoms with van der Waals surface area (Å²) in [6.07, 6.45) is 10.0. The summed E-state index contributed by atoms with van der Waals surface area (Å²) in [6.45, 7) is 9.55. The molecule has 8 aromatic carbocycles. The maximum atomic E-state index is 7.10. The van der Waals surface area contributed by atoms with Crippen molar-refractivity contribution in [3.63, 3.8) is 0 Å². The van der Waals surface area contributed by atoms with Gasteiger partial charge in [-0.1, -0.05) is 223 Å². The Morgan fingerprint density at radius 1 is 0.418 bits per heavy atom. The number of benzene rings is 8. The maximum Gasteiger partial charge on any atom is 0.139 e. The third kappa shape index (κ3) is 6.80. The molecule has 332 valence electrons. The summed E-state index contributed by atoms with van der Waals surface area (Å²) < 4.78 is 7.10. The Hall–Kier alpha value is -6.09. The van der Waals surface area contributed by atoms with Gasteiger partial charge in [-0.25, -0.2) is 0 Å². The van der Waals surface area contributed by atoms with Crippen molar-refractivity contribution in [2.45, 2.75) is 117 Å². The molecule has 4 aliphatic rings. The fourth-order valence-electron chi connectivity index (χ4n) is 13.0. The van der Waals surface area contributed by atoms with Crippen LogP contribution < -0.4 is 4.74 Å². The molecule has 0 radical (unpaired) electrons. The maximum absolute atomic E-state index is 7.10. The number of hydrogen-bond donors (Lipinski definition) is 0. The van der Waals surface area contributed by atoms with Crippen LogP contribution in [0.3, 0.4) is 0 Å². The highest BCUT2D eigenvalue weighted by Crippen LogP contribution is 2.57. The summed E-state index contributed by atoms with van der Waals surface area (Å²) in [6, 6.07) is 69.8. The lowest BCUT2D eigenvalue weighted by molar-refractivity contribution is 0.419. The molecule has 12 rings (SSSR count). The van der Waals surface area contributed by atoms with Gasteiger partial charge < -0.3 is 4.74 Å². The Morgan fingerprint density at radius 3 is 1.51 bits per heavy atom. The van der Waals surface area contributed by atoms with Crippen LogP contribution in [0.15, 0.2) is 192 Å². The van der Waals surface area contributed by atoms with Crippen molar-refractivity contribution in [1.29, 1.82) is 0 Å². The molecule has 0 aromatic heterocycles. The van der Waals surface area contributed by atoms with E-state index < -0.39 is 5.41 Å². The van der Waals surface area contributed by atoms with Crippen LogP contribution in [0.2, 0.25) is 0 Å². The van der Waals surface area contributed by atoms with Crippen LogP contribution in [0.5, 0.6) is 11.5 Å². The standard InChI is InChI=1S/C65H60OS/c1-63(2)55-31-15-17-35-59(55)66-61-51(29-19-33-57(61)63)53-41-47(37-39-49(53)43-21-11-12-22-43)65(45-25-7-5-8-26-45,46-27-9-6-10-28-46)48-38-40-50(44-23-13-14-24-44)54(42-48)52-30-20-34-58-62(52)67-60-36-18-16-32-56(60)64(58,3)4/h5-10,15-20,25-44H,11-14,21-24H2,1-4H3. The van der Waals surface area contributed by atoms with E-state index in [2.05, 4.69) is 210 Å². The number of ether oxygens (including phenoxy) is 1. The molecule has 0 saturated heterocycles. The molecule has 2 saturated carbocycles. The summed E-state index contributed by atoms with van der Waals surface area (Å²) in [4.78, 5) is 2.76. The van der Waals surface area contributed by atoms with Crippen molar-refractivity contribution >= 4 is 11.8 Å². The van der Waals surface area contributed by atoms with Crippen LogP contribution in [0.4, 0.5) is 0 Å². The molecular formula is C65H60OS. The molecule has 2 heteroatoms. The van der Waals surface area contributed by atoms with Crippen LogP contribution in [0.1, 0.15) is 147 Å². The van der Waals surface area contributed by atoms with Gasteiger partial charge in [-0.3, -0.25) is 0 Å². The first-order valence-corrected chi connectivity index (χ1v) is 25.8. The first kappa shape index (κ1) is 42.3. The number of fused-ring (bicyclic) bond motifs is 4. The van der Waals surface area contributed by atoms with Crippen molar-refractivity contribution in [1.82, 2.24) is 0 Å². The third-order valence-electron chi connectivity index (χ3n) is 16.5. The molecule has 0 atom stereocenters. The van der Waals surface area contributed by atoms with E-state index >= 15 is 0 Å². The Kier molecular flexibility index (Phi) is 10.5. The number of hydrogen-bond acceptors (Lipinski definition) is 2. The van der Waals surface area contributed by atoms with Crippen LogP contribution in [0, 0.1) is 0 Å². The molecule has 0 spiro atoms. The van der Waals surface area contributed by atoms with E-state index in [1.54, 1.807) is 0 Å². The minimum Gasteiger partial charge on any atom is -0.456 e. The molecule has 2 heterocycles. The van der Waals surface area contributed by atoms with E-state index in [9.17, 15) is 0 Å². The molecule has 2 aliphatic heterocycles. The third-order valence-corrected chi connectivity index (χ3v) is 17.7. The highest BCUT2D eigenvalue weighted by molar-refractivity contribution is 7.99. The summed E-state index contributed by atoms with van der Waals surface area (Å²) in [5, 5.41) is 0. The van der Waals surface area contributed by atoms with E-state index in [1.807, 2.05) is 11.8 Å². The Bertz CT molecular complexity index is 2930. The Labute approximate surface area is 402 Å². The second-order valence-corrected chi connectivity index (χ2v) is 21.9. The van der Waals surface area contributed by atoms with Crippen molar-refractivity contribution in [3.8, 4) is 33.8 Å². The second kappa shape index (κ2) is 16.6. The van der Waals surface area contributed by atoms with Gasteiger partial charge in [-0.05, 0) is 123 Å². The minimum absolute atomic E-state index is 0.120. The van der Waals surface area contributed by atoms with Crippen LogP contribution in [-0.4, -0.2) is 0 Å². The second-order valence-electron chi connectivity index (χ2n) is 20.9. The summed E-state index contributed by atoms with van der Waals surface area (Å²) in [7, 11) is 0. The molecule has 0 bridgehead atoms. The van der Waals surface area contributed by atoms with Crippen molar-refractivity contribution in [2.24, 2.45) is 0 Å². The quantitative estimate of drug-likeness (QED) is 0.141. The van der Waals surface area contributed by atoms with Gasteiger partial charge in [0.1, 0.15) is 11.5 Å². The van der Waals surface area contributed by atoms with Gasteiger partial charge in [0, 0.05) is 37.3 Å². The van der Waals surface area contributed by atoms with E-state index in [0.29, 0.717) is 11.8 Å². The zero-order valence-corrected chi connectivity index (χ0v) is 40.3. The van der Waals surface area contributed by atoms with E-state index in [-0.39, 0.29) is 10.8 Å². The SMILES string of the molecule is CC1(C)c2ccccc2Oc2c(-c3cc(C(c4ccccc4)(c4ccccc4)c4ccc(C5CCCC5)c(-c5cccc6c5Sc5ccccc5C6(C)C)c4)ccc3C3CCCC3)cccc21. The normalized spacial score (nSPS) is 17.3. The van der Waals surface area contributed by atoms with Gasteiger partial charge in [0.25, 0.3) is 0 Å². The Morgan fingerprint density at radius 2 is 0.896 bits per heavy atom. The molecule has 8 aromatic rings.